The number of hydrogen-bond acceptors (Lipinski definition) is 4. The Hall–Kier alpha value is -2.92. The molecule has 1 aliphatic rings. The second-order valence-electron chi connectivity index (χ2n) is 5.18. The van der Waals surface area contributed by atoms with Crippen LogP contribution in [0.15, 0.2) is 42.3 Å². The maximum atomic E-state index is 12.4. The average molecular weight is 328 g/mol. The SMILES string of the molecule is O=C1/C(=C/c2c[nH]c3ccc(Cl)cc23)Oc2c1ccc(O)c2O. The molecule has 0 amide bonds. The number of ether oxygens (including phenoxy) is 1. The lowest BCUT2D eigenvalue weighted by Crippen LogP contribution is -1.97. The topological polar surface area (TPSA) is 82.6 Å². The third kappa shape index (κ3) is 2.05. The Morgan fingerprint density at radius 1 is 1.17 bits per heavy atom. The number of Topliss-reactive ketones (excluding diaryl/α,β-unsaturated/α-hetero) is 1. The zero-order valence-corrected chi connectivity index (χ0v) is 12.4. The molecule has 0 fully saturated rings. The van der Waals surface area contributed by atoms with Crippen molar-refractivity contribution in [3.05, 3.63) is 58.4 Å². The molecule has 5 nitrogen and oxygen atoms in total. The Labute approximate surface area is 135 Å². The fraction of sp³-hybridized carbons (Fsp3) is 0. The van der Waals surface area contributed by atoms with E-state index in [1.807, 2.05) is 6.07 Å². The van der Waals surface area contributed by atoms with Crippen molar-refractivity contribution < 1.29 is 19.7 Å². The molecular weight excluding hydrogens is 318 g/mol. The molecule has 1 aliphatic heterocycles. The number of hydrogen-bond donors (Lipinski definition) is 3. The molecule has 1 aromatic heterocycles. The largest absolute Gasteiger partial charge is 0.504 e. The van der Waals surface area contributed by atoms with E-state index in [9.17, 15) is 15.0 Å². The van der Waals surface area contributed by atoms with Crippen molar-refractivity contribution in [1.29, 1.82) is 0 Å². The van der Waals surface area contributed by atoms with Crippen LogP contribution in [0.3, 0.4) is 0 Å². The van der Waals surface area contributed by atoms with Crippen LogP contribution in [-0.4, -0.2) is 21.0 Å². The number of ketones is 1. The lowest BCUT2D eigenvalue weighted by molar-refractivity contribution is 0.101. The Balaban J connectivity index is 1.82. The summed E-state index contributed by atoms with van der Waals surface area (Å²) in [6.45, 7) is 0. The molecule has 4 rings (SSSR count). The molecular formula is C17H10ClNO4. The molecule has 2 heterocycles. The van der Waals surface area contributed by atoms with Gasteiger partial charge in [-0.3, -0.25) is 4.79 Å². The van der Waals surface area contributed by atoms with Crippen LogP contribution >= 0.6 is 11.6 Å². The molecule has 114 valence electrons. The van der Waals surface area contributed by atoms with Gasteiger partial charge in [0.25, 0.3) is 0 Å². The minimum atomic E-state index is -0.443. The van der Waals surface area contributed by atoms with Crippen LogP contribution in [0.4, 0.5) is 0 Å². The van der Waals surface area contributed by atoms with Gasteiger partial charge in [-0.15, -0.1) is 0 Å². The van der Waals surface area contributed by atoms with Crippen molar-refractivity contribution in [1.82, 2.24) is 4.98 Å². The molecule has 2 aromatic carbocycles. The van der Waals surface area contributed by atoms with Crippen LogP contribution < -0.4 is 4.74 Å². The van der Waals surface area contributed by atoms with Crippen LogP contribution in [0.2, 0.25) is 5.02 Å². The standard InChI is InChI=1S/C17H10ClNO4/c18-9-1-3-12-11(6-9)8(7-19-12)5-14-15(21)10-2-4-13(20)16(22)17(10)23-14/h1-7,19-20,22H/b14-5-. The molecule has 3 N–H and O–H groups in total. The Kier molecular flexibility index (Phi) is 2.86. The number of nitrogens with one attached hydrogen (secondary N) is 1. The predicted octanol–water partition coefficient (Wildman–Crippen LogP) is 3.85. The number of aromatic nitrogens is 1. The van der Waals surface area contributed by atoms with Gasteiger partial charge in [-0.25, -0.2) is 0 Å². The van der Waals surface area contributed by atoms with Gasteiger partial charge in [-0.1, -0.05) is 11.6 Å². The van der Waals surface area contributed by atoms with Crippen LogP contribution in [-0.2, 0) is 0 Å². The van der Waals surface area contributed by atoms with E-state index in [1.165, 1.54) is 12.1 Å². The fourth-order valence-corrected chi connectivity index (χ4v) is 2.77. The predicted molar refractivity (Wildman–Crippen MR) is 86.0 cm³/mol. The van der Waals surface area contributed by atoms with Crippen molar-refractivity contribution in [3.8, 4) is 17.2 Å². The number of rotatable bonds is 1. The van der Waals surface area contributed by atoms with Gasteiger partial charge >= 0.3 is 0 Å². The fourth-order valence-electron chi connectivity index (χ4n) is 2.60. The van der Waals surface area contributed by atoms with Gasteiger partial charge in [0.15, 0.2) is 17.3 Å². The van der Waals surface area contributed by atoms with Gasteiger partial charge in [0.1, 0.15) is 0 Å². The molecule has 0 aliphatic carbocycles. The summed E-state index contributed by atoms with van der Waals surface area (Å²) in [4.78, 5) is 15.5. The first-order valence-corrected chi connectivity index (χ1v) is 7.18. The molecule has 0 bridgehead atoms. The maximum Gasteiger partial charge on any atom is 0.232 e. The van der Waals surface area contributed by atoms with Crippen molar-refractivity contribution in [2.45, 2.75) is 0 Å². The minimum Gasteiger partial charge on any atom is -0.504 e. The van der Waals surface area contributed by atoms with Crippen molar-refractivity contribution >= 4 is 34.4 Å². The Morgan fingerprint density at radius 2 is 2.00 bits per heavy atom. The third-order valence-corrected chi connectivity index (χ3v) is 3.99. The molecule has 0 saturated heterocycles. The van der Waals surface area contributed by atoms with E-state index in [2.05, 4.69) is 4.98 Å². The van der Waals surface area contributed by atoms with Gasteiger partial charge in [-0.2, -0.15) is 0 Å². The number of phenolic OH excluding ortho intramolecular Hbond substituents is 2. The highest BCUT2D eigenvalue weighted by molar-refractivity contribution is 6.31. The molecule has 23 heavy (non-hydrogen) atoms. The zero-order chi connectivity index (χ0) is 16.1. The molecule has 6 heteroatoms. The number of carbonyl (C=O) groups excluding carboxylic acids is 1. The van der Waals surface area contributed by atoms with Gasteiger partial charge in [0.05, 0.1) is 5.56 Å². The Bertz CT molecular complexity index is 1000. The monoisotopic (exact) mass is 327 g/mol. The first kappa shape index (κ1) is 13.7. The van der Waals surface area contributed by atoms with E-state index < -0.39 is 5.75 Å². The molecule has 3 aromatic rings. The van der Waals surface area contributed by atoms with Gasteiger partial charge in [0.2, 0.25) is 11.5 Å². The van der Waals surface area contributed by atoms with Gasteiger partial charge in [-0.05, 0) is 36.4 Å². The number of carbonyl (C=O) groups is 1. The summed E-state index contributed by atoms with van der Waals surface area (Å²) in [6, 6.07) is 8.07. The van der Waals surface area contributed by atoms with Crippen molar-refractivity contribution in [2.24, 2.45) is 0 Å². The van der Waals surface area contributed by atoms with Crippen LogP contribution in [0.25, 0.3) is 17.0 Å². The van der Waals surface area contributed by atoms with Gasteiger partial charge in [0, 0.05) is 27.7 Å². The number of halogens is 1. The number of H-pyrrole nitrogens is 1. The van der Waals surface area contributed by atoms with Crippen molar-refractivity contribution in [3.63, 3.8) is 0 Å². The minimum absolute atomic E-state index is 0.0286. The van der Waals surface area contributed by atoms with Crippen molar-refractivity contribution in [2.75, 3.05) is 0 Å². The maximum absolute atomic E-state index is 12.4. The summed E-state index contributed by atoms with van der Waals surface area (Å²) < 4.78 is 5.44. The van der Waals surface area contributed by atoms with Crippen LogP contribution in [0.5, 0.6) is 17.2 Å². The zero-order valence-electron chi connectivity index (χ0n) is 11.6. The highest BCUT2D eigenvalue weighted by Gasteiger charge is 2.31. The highest BCUT2D eigenvalue weighted by Crippen LogP contribution is 2.44. The quantitative estimate of drug-likeness (QED) is 0.468. The van der Waals surface area contributed by atoms with Crippen LogP contribution in [0.1, 0.15) is 15.9 Å². The molecule has 0 unspecified atom stereocenters. The van der Waals surface area contributed by atoms with E-state index in [0.29, 0.717) is 5.02 Å². The number of phenols is 2. The summed E-state index contributed by atoms with van der Waals surface area (Å²) in [5.74, 6) is -1.09. The van der Waals surface area contributed by atoms with E-state index in [0.717, 1.165) is 16.5 Å². The van der Waals surface area contributed by atoms with Gasteiger partial charge < -0.3 is 19.9 Å². The molecule has 0 spiro atoms. The second-order valence-corrected chi connectivity index (χ2v) is 5.62. The molecule has 0 saturated carbocycles. The lowest BCUT2D eigenvalue weighted by Gasteiger charge is -2.02. The first-order chi connectivity index (χ1) is 11.0. The summed E-state index contributed by atoms with van der Waals surface area (Å²) >= 11 is 6.01. The average Bonchev–Trinajstić information content (AvgIpc) is 3.06. The summed E-state index contributed by atoms with van der Waals surface area (Å²) in [6.07, 6.45) is 3.32. The lowest BCUT2D eigenvalue weighted by atomic mass is 10.1. The summed E-state index contributed by atoms with van der Waals surface area (Å²) in [5.41, 5.74) is 1.83. The number of aromatic hydroxyl groups is 2. The van der Waals surface area contributed by atoms with Crippen LogP contribution in [0, 0.1) is 0 Å². The van der Waals surface area contributed by atoms with E-state index >= 15 is 0 Å². The molecule has 0 radical (unpaired) electrons. The molecule has 0 atom stereocenters. The normalized spacial score (nSPS) is 15.2. The number of aromatic amines is 1. The number of benzene rings is 2. The number of fused-ring (bicyclic) bond motifs is 2. The van der Waals surface area contributed by atoms with E-state index in [-0.39, 0.29) is 28.6 Å². The van der Waals surface area contributed by atoms with E-state index in [1.54, 1.807) is 24.4 Å². The summed E-state index contributed by atoms with van der Waals surface area (Å²) in [7, 11) is 0. The summed E-state index contributed by atoms with van der Waals surface area (Å²) in [5, 5.41) is 20.8. The Morgan fingerprint density at radius 3 is 2.83 bits per heavy atom. The third-order valence-electron chi connectivity index (χ3n) is 3.75. The smallest absolute Gasteiger partial charge is 0.232 e. The first-order valence-electron chi connectivity index (χ1n) is 6.80. The van der Waals surface area contributed by atoms with E-state index in [4.69, 9.17) is 16.3 Å². The highest BCUT2D eigenvalue weighted by atomic mass is 35.5. The second kappa shape index (κ2) is 4.79. The number of allylic oxidation sites excluding steroid dienone is 1.